The molecule has 1 aromatic heterocycles. The van der Waals surface area contributed by atoms with E-state index in [2.05, 4.69) is 20.7 Å². The monoisotopic (exact) mass is 587 g/mol. The molecule has 0 atom stereocenters. The average molecular weight is 588 g/mol. The molecule has 10 nitrogen and oxygen atoms in total. The number of nitrogens with one attached hydrogen (secondary N) is 2. The number of carbonyl (C=O) groups excluding carboxylic acids is 3. The highest BCUT2D eigenvalue weighted by atomic mass is 19.1. The van der Waals surface area contributed by atoms with Gasteiger partial charge in [-0.25, -0.2) is 18.9 Å². The van der Waals surface area contributed by atoms with Crippen molar-refractivity contribution in [3.63, 3.8) is 0 Å². The molecule has 43 heavy (non-hydrogen) atoms. The summed E-state index contributed by atoms with van der Waals surface area (Å²) >= 11 is 0. The standard InChI is InChI=1S/C32H34FN5O5/c1-31(2,3)42-28-16-26(37-30(41)43-32(4,5)6)25(15-23(28)22-12-7-8-13-24(22)33)36-29(40)17-27(39)20-10-9-11-21(14-20)38-19-34-18-35-38/h7-16,18-19H,17H2,1-6H3,(H,36,40)(H,37,41). The Morgan fingerprint density at radius 3 is 2.23 bits per heavy atom. The highest BCUT2D eigenvalue weighted by Crippen LogP contribution is 2.40. The van der Waals surface area contributed by atoms with Crippen molar-refractivity contribution in [1.82, 2.24) is 14.8 Å². The molecule has 0 aliphatic rings. The smallest absolute Gasteiger partial charge is 0.412 e. The van der Waals surface area contributed by atoms with Crippen LogP contribution in [0.5, 0.6) is 5.75 Å². The van der Waals surface area contributed by atoms with Crippen molar-refractivity contribution in [1.29, 1.82) is 0 Å². The number of rotatable bonds is 8. The molecule has 0 bridgehead atoms. The van der Waals surface area contributed by atoms with Crippen LogP contribution in [0.4, 0.5) is 20.6 Å². The van der Waals surface area contributed by atoms with Crippen molar-refractivity contribution in [2.75, 3.05) is 10.6 Å². The number of nitrogens with zero attached hydrogens (tertiary/aromatic N) is 3. The predicted molar refractivity (Wildman–Crippen MR) is 161 cm³/mol. The lowest BCUT2D eigenvalue weighted by Gasteiger charge is -2.26. The Bertz CT molecular complexity index is 1640. The van der Waals surface area contributed by atoms with Gasteiger partial charge in [-0.1, -0.05) is 30.3 Å². The van der Waals surface area contributed by atoms with Gasteiger partial charge in [0.1, 0.15) is 35.4 Å². The van der Waals surface area contributed by atoms with Gasteiger partial charge < -0.3 is 14.8 Å². The van der Waals surface area contributed by atoms with E-state index in [4.69, 9.17) is 9.47 Å². The van der Waals surface area contributed by atoms with Crippen molar-refractivity contribution < 1.29 is 28.2 Å². The van der Waals surface area contributed by atoms with E-state index in [0.717, 1.165) is 0 Å². The topological polar surface area (TPSA) is 124 Å². The maximum absolute atomic E-state index is 15.0. The summed E-state index contributed by atoms with van der Waals surface area (Å²) in [5, 5.41) is 9.42. The molecular weight excluding hydrogens is 553 g/mol. The van der Waals surface area contributed by atoms with Crippen LogP contribution in [0.1, 0.15) is 58.3 Å². The number of ketones is 1. The highest BCUT2D eigenvalue weighted by Gasteiger charge is 2.24. The van der Waals surface area contributed by atoms with Crippen molar-refractivity contribution in [2.45, 2.75) is 59.2 Å². The first-order chi connectivity index (χ1) is 20.2. The molecule has 3 aromatic carbocycles. The second-order valence-electron chi connectivity index (χ2n) is 11.8. The van der Waals surface area contributed by atoms with Gasteiger partial charge in [-0.3, -0.25) is 14.9 Å². The summed E-state index contributed by atoms with van der Waals surface area (Å²) in [6.07, 6.45) is 1.60. The lowest BCUT2D eigenvalue weighted by molar-refractivity contribution is -0.115. The zero-order valence-corrected chi connectivity index (χ0v) is 24.9. The molecule has 0 fully saturated rings. The lowest BCUT2D eigenvalue weighted by Crippen LogP contribution is -2.28. The van der Waals surface area contributed by atoms with Gasteiger partial charge in [-0.2, -0.15) is 5.10 Å². The molecule has 0 unspecified atom stereocenters. The molecule has 0 saturated carbocycles. The fraction of sp³-hybridized carbons (Fsp3) is 0.281. The Balaban J connectivity index is 1.69. The van der Waals surface area contributed by atoms with E-state index in [1.165, 1.54) is 35.5 Å². The zero-order valence-electron chi connectivity index (χ0n) is 24.9. The first-order valence-corrected chi connectivity index (χ1v) is 13.6. The second-order valence-corrected chi connectivity index (χ2v) is 11.8. The molecule has 0 spiro atoms. The van der Waals surface area contributed by atoms with E-state index in [1.54, 1.807) is 63.2 Å². The highest BCUT2D eigenvalue weighted by molar-refractivity contribution is 6.12. The Labute approximate surface area is 249 Å². The predicted octanol–water partition coefficient (Wildman–Crippen LogP) is 6.81. The zero-order chi connectivity index (χ0) is 31.4. The summed E-state index contributed by atoms with van der Waals surface area (Å²) < 4.78 is 28.0. The van der Waals surface area contributed by atoms with E-state index >= 15 is 0 Å². The van der Waals surface area contributed by atoms with Crippen LogP contribution in [-0.2, 0) is 9.53 Å². The minimum atomic E-state index is -0.793. The Hall–Kier alpha value is -5.06. The molecule has 0 aliphatic heterocycles. The first-order valence-electron chi connectivity index (χ1n) is 13.6. The van der Waals surface area contributed by atoms with Crippen LogP contribution in [0, 0.1) is 5.82 Å². The van der Waals surface area contributed by atoms with E-state index in [1.807, 2.05) is 20.8 Å². The third-order valence-electron chi connectivity index (χ3n) is 5.78. The number of anilines is 2. The number of Topliss-reactive ketones (excluding diaryl/α,β-unsaturated/α-hetero) is 1. The van der Waals surface area contributed by atoms with Gasteiger partial charge in [0.2, 0.25) is 5.91 Å². The second kappa shape index (κ2) is 12.4. The number of aromatic nitrogens is 3. The SMILES string of the molecule is CC(C)(C)OC(=O)Nc1cc(OC(C)(C)C)c(-c2ccccc2F)cc1NC(=O)CC(=O)c1cccc(-n2cncn2)c1. The number of hydrogen-bond donors (Lipinski definition) is 2. The molecule has 4 rings (SSSR count). The summed E-state index contributed by atoms with van der Waals surface area (Å²) in [6.45, 7) is 10.6. The molecule has 0 saturated heterocycles. The fourth-order valence-electron chi connectivity index (χ4n) is 4.11. The summed E-state index contributed by atoms with van der Waals surface area (Å²) in [5.41, 5.74) is 0.265. The Morgan fingerprint density at radius 1 is 0.860 bits per heavy atom. The molecule has 2 N–H and O–H groups in total. The van der Waals surface area contributed by atoms with Gasteiger partial charge in [0.25, 0.3) is 0 Å². The maximum Gasteiger partial charge on any atom is 0.412 e. The van der Waals surface area contributed by atoms with Crippen molar-refractivity contribution in [2.24, 2.45) is 0 Å². The quantitative estimate of drug-likeness (QED) is 0.171. The van der Waals surface area contributed by atoms with E-state index in [9.17, 15) is 18.8 Å². The van der Waals surface area contributed by atoms with Crippen LogP contribution in [0.3, 0.4) is 0 Å². The molecule has 4 aromatic rings. The summed E-state index contributed by atoms with van der Waals surface area (Å²) in [7, 11) is 0. The van der Waals surface area contributed by atoms with Crippen molar-refractivity contribution in [3.8, 4) is 22.6 Å². The summed E-state index contributed by atoms with van der Waals surface area (Å²) in [4.78, 5) is 42.9. The molecule has 11 heteroatoms. The third kappa shape index (κ3) is 8.48. The normalized spacial score (nSPS) is 11.5. The number of carbonyl (C=O) groups is 3. The van der Waals surface area contributed by atoms with Crippen molar-refractivity contribution in [3.05, 3.63) is 84.7 Å². The van der Waals surface area contributed by atoms with Crippen LogP contribution >= 0.6 is 0 Å². The molecule has 224 valence electrons. The summed E-state index contributed by atoms with van der Waals surface area (Å²) in [5.74, 6) is -1.33. The maximum atomic E-state index is 15.0. The van der Waals surface area contributed by atoms with E-state index in [-0.39, 0.29) is 22.7 Å². The van der Waals surface area contributed by atoms with E-state index < -0.39 is 41.2 Å². The van der Waals surface area contributed by atoms with Gasteiger partial charge in [0, 0.05) is 22.8 Å². The lowest BCUT2D eigenvalue weighted by atomic mass is 10.0. The fourth-order valence-corrected chi connectivity index (χ4v) is 4.11. The molecule has 0 aliphatic carbocycles. The molecule has 1 heterocycles. The van der Waals surface area contributed by atoms with Gasteiger partial charge in [-0.05, 0) is 65.8 Å². The van der Waals surface area contributed by atoms with Crippen LogP contribution in [-0.4, -0.2) is 43.8 Å². The van der Waals surface area contributed by atoms with Gasteiger partial charge in [0.15, 0.2) is 5.78 Å². The van der Waals surface area contributed by atoms with E-state index in [0.29, 0.717) is 16.8 Å². The minimum Gasteiger partial charge on any atom is -0.487 e. The Kier molecular flexibility index (Phi) is 8.93. The minimum absolute atomic E-state index is 0.125. The number of amides is 2. The number of ether oxygens (including phenoxy) is 2. The third-order valence-corrected chi connectivity index (χ3v) is 5.78. The first kappa shape index (κ1) is 30.9. The molecule has 2 amide bonds. The van der Waals surface area contributed by atoms with Crippen molar-refractivity contribution >= 4 is 29.2 Å². The van der Waals surface area contributed by atoms with Crippen LogP contribution in [0.15, 0.2) is 73.3 Å². The van der Waals surface area contributed by atoms with Gasteiger partial charge in [0.05, 0.1) is 23.5 Å². The largest absolute Gasteiger partial charge is 0.487 e. The number of hydrogen-bond acceptors (Lipinski definition) is 7. The molecular formula is C32H34FN5O5. The van der Waals surface area contributed by atoms with Gasteiger partial charge in [-0.15, -0.1) is 0 Å². The number of benzene rings is 3. The summed E-state index contributed by atoms with van der Waals surface area (Å²) in [6, 6.07) is 15.8. The van der Waals surface area contributed by atoms with Crippen LogP contribution < -0.4 is 15.4 Å². The van der Waals surface area contributed by atoms with Gasteiger partial charge >= 0.3 is 6.09 Å². The van der Waals surface area contributed by atoms with Crippen LogP contribution in [0.2, 0.25) is 0 Å². The number of halogens is 1. The average Bonchev–Trinajstić information content (AvgIpc) is 3.44. The Morgan fingerprint density at radius 2 is 1.58 bits per heavy atom. The molecule has 0 radical (unpaired) electrons. The van der Waals surface area contributed by atoms with Crippen LogP contribution in [0.25, 0.3) is 16.8 Å².